The van der Waals surface area contributed by atoms with E-state index >= 15 is 0 Å². The summed E-state index contributed by atoms with van der Waals surface area (Å²) in [5.74, 6) is 1.50. The molecular weight excluding hydrogens is 228 g/mol. The Morgan fingerprint density at radius 1 is 1.28 bits per heavy atom. The molecule has 18 heavy (non-hydrogen) atoms. The lowest BCUT2D eigenvalue weighted by atomic mass is 10.2. The van der Waals surface area contributed by atoms with Gasteiger partial charge >= 0.3 is 0 Å². The minimum absolute atomic E-state index is 0.271. The van der Waals surface area contributed by atoms with Gasteiger partial charge in [0.2, 0.25) is 17.8 Å². The standard InChI is InChI=1S/C12H22N6/c1-5-18(6-2)11-16-9(13)15-10(17-11)14-8-7-12(8,3)4/h8H,5-7H2,1-4H3,(H3,13,14,15,16,17). The van der Waals surface area contributed by atoms with Crippen molar-refractivity contribution in [2.45, 2.75) is 40.2 Å². The zero-order chi connectivity index (χ0) is 13.3. The van der Waals surface area contributed by atoms with Crippen molar-refractivity contribution < 1.29 is 0 Å². The molecule has 3 N–H and O–H groups in total. The fraction of sp³-hybridized carbons (Fsp3) is 0.750. The van der Waals surface area contributed by atoms with Gasteiger partial charge in [0.15, 0.2) is 0 Å². The Morgan fingerprint density at radius 3 is 2.39 bits per heavy atom. The van der Waals surface area contributed by atoms with Crippen LogP contribution in [-0.2, 0) is 0 Å². The molecule has 1 aliphatic rings. The largest absolute Gasteiger partial charge is 0.368 e. The highest BCUT2D eigenvalue weighted by Gasteiger charge is 2.46. The van der Waals surface area contributed by atoms with Crippen LogP contribution in [0.1, 0.15) is 34.1 Å². The first-order valence-electron chi connectivity index (χ1n) is 6.49. The van der Waals surface area contributed by atoms with E-state index in [1.165, 1.54) is 0 Å². The van der Waals surface area contributed by atoms with Crippen molar-refractivity contribution >= 4 is 17.8 Å². The molecule has 2 rings (SSSR count). The molecule has 1 saturated carbocycles. The quantitative estimate of drug-likeness (QED) is 0.824. The topological polar surface area (TPSA) is 80.0 Å². The highest BCUT2D eigenvalue weighted by atomic mass is 15.3. The van der Waals surface area contributed by atoms with Gasteiger partial charge < -0.3 is 16.0 Å². The average Bonchev–Trinajstić information content (AvgIpc) is 2.86. The lowest BCUT2D eigenvalue weighted by molar-refractivity contribution is 0.628. The molecule has 0 amide bonds. The van der Waals surface area contributed by atoms with Gasteiger partial charge in [-0.15, -0.1) is 0 Å². The summed E-state index contributed by atoms with van der Waals surface area (Å²) in [7, 11) is 0. The smallest absolute Gasteiger partial charge is 0.231 e. The second kappa shape index (κ2) is 4.59. The molecule has 1 fully saturated rings. The first-order chi connectivity index (χ1) is 8.46. The van der Waals surface area contributed by atoms with Gasteiger partial charge in [-0.3, -0.25) is 0 Å². The van der Waals surface area contributed by atoms with E-state index in [0.717, 1.165) is 19.5 Å². The van der Waals surface area contributed by atoms with Crippen LogP contribution in [-0.4, -0.2) is 34.1 Å². The molecule has 0 saturated heterocycles. The summed E-state index contributed by atoms with van der Waals surface area (Å²) in [6.07, 6.45) is 1.14. The molecule has 1 unspecified atom stereocenters. The van der Waals surface area contributed by atoms with Crippen LogP contribution in [0.4, 0.5) is 17.8 Å². The highest BCUT2D eigenvalue weighted by Crippen LogP contribution is 2.46. The van der Waals surface area contributed by atoms with E-state index in [9.17, 15) is 0 Å². The predicted octanol–water partition coefficient (Wildman–Crippen LogP) is 1.51. The monoisotopic (exact) mass is 250 g/mol. The van der Waals surface area contributed by atoms with E-state index < -0.39 is 0 Å². The second-order valence-corrected chi connectivity index (χ2v) is 5.38. The Morgan fingerprint density at radius 2 is 1.89 bits per heavy atom. The van der Waals surface area contributed by atoms with Gasteiger partial charge in [0.05, 0.1) is 0 Å². The number of nitrogen functional groups attached to an aromatic ring is 1. The summed E-state index contributed by atoms with van der Waals surface area (Å²) >= 11 is 0. The maximum atomic E-state index is 5.74. The molecule has 0 aromatic carbocycles. The van der Waals surface area contributed by atoms with Crippen LogP contribution in [0.15, 0.2) is 0 Å². The molecule has 0 radical (unpaired) electrons. The van der Waals surface area contributed by atoms with Crippen LogP contribution in [0.2, 0.25) is 0 Å². The summed E-state index contributed by atoms with van der Waals surface area (Å²) in [5.41, 5.74) is 6.07. The molecule has 0 spiro atoms. The number of hydrogen-bond acceptors (Lipinski definition) is 6. The lowest BCUT2D eigenvalue weighted by Gasteiger charge is -2.19. The van der Waals surface area contributed by atoms with E-state index in [-0.39, 0.29) is 5.95 Å². The van der Waals surface area contributed by atoms with Gasteiger partial charge in [-0.1, -0.05) is 13.8 Å². The zero-order valence-electron chi connectivity index (χ0n) is 11.6. The third-order valence-corrected chi connectivity index (χ3v) is 3.50. The fourth-order valence-corrected chi connectivity index (χ4v) is 1.96. The fourth-order valence-electron chi connectivity index (χ4n) is 1.96. The number of rotatable bonds is 5. The summed E-state index contributed by atoms with van der Waals surface area (Å²) in [5, 5.41) is 3.32. The lowest BCUT2D eigenvalue weighted by Crippen LogP contribution is -2.25. The van der Waals surface area contributed by atoms with Crippen molar-refractivity contribution in [1.82, 2.24) is 15.0 Å². The van der Waals surface area contributed by atoms with Gasteiger partial charge in [-0.25, -0.2) is 0 Å². The molecule has 1 aromatic rings. The SMILES string of the molecule is CCN(CC)c1nc(N)nc(NC2CC2(C)C)n1. The minimum Gasteiger partial charge on any atom is -0.368 e. The van der Waals surface area contributed by atoms with Crippen LogP contribution in [0.25, 0.3) is 0 Å². The molecule has 1 heterocycles. The molecule has 100 valence electrons. The Labute approximate surface area is 108 Å². The van der Waals surface area contributed by atoms with Gasteiger partial charge in [0.1, 0.15) is 0 Å². The van der Waals surface area contributed by atoms with Gasteiger partial charge in [0.25, 0.3) is 0 Å². The summed E-state index contributed by atoms with van der Waals surface area (Å²) < 4.78 is 0. The Bertz CT molecular complexity index is 427. The number of aromatic nitrogens is 3. The average molecular weight is 250 g/mol. The molecule has 0 bridgehead atoms. The molecule has 6 nitrogen and oxygen atoms in total. The molecular formula is C12H22N6. The number of hydrogen-bond donors (Lipinski definition) is 2. The van der Waals surface area contributed by atoms with Gasteiger partial charge in [0, 0.05) is 19.1 Å². The van der Waals surface area contributed by atoms with Crippen LogP contribution in [0.3, 0.4) is 0 Å². The Hall–Kier alpha value is -1.59. The number of anilines is 3. The van der Waals surface area contributed by atoms with Crippen LogP contribution < -0.4 is 16.0 Å². The second-order valence-electron chi connectivity index (χ2n) is 5.38. The highest BCUT2D eigenvalue weighted by molar-refractivity contribution is 5.43. The first kappa shape index (κ1) is 12.9. The van der Waals surface area contributed by atoms with E-state index in [1.54, 1.807) is 0 Å². The summed E-state index contributed by atoms with van der Waals surface area (Å²) in [6, 6.07) is 0.434. The summed E-state index contributed by atoms with van der Waals surface area (Å²) in [4.78, 5) is 14.8. The number of nitrogens with zero attached hydrogens (tertiary/aromatic N) is 4. The zero-order valence-corrected chi connectivity index (χ0v) is 11.6. The van der Waals surface area contributed by atoms with Crippen molar-refractivity contribution in [3.63, 3.8) is 0 Å². The van der Waals surface area contributed by atoms with Crippen molar-refractivity contribution in [3.05, 3.63) is 0 Å². The van der Waals surface area contributed by atoms with Crippen molar-refractivity contribution in [1.29, 1.82) is 0 Å². The molecule has 0 aliphatic heterocycles. The number of nitrogens with one attached hydrogen (secondary N) is 1. The normalized spacial score (nSPS) is 20.6. The third kappa shape index (κ3) is 2.63. The minimum atomic E-state index is 0.271. The maximum absolute atomic E-state index is 5.74. The van der Waals surface area contributed by atoms with Crippen molar-refractivity contribution in [2.24, 2.45) is 5.41 Å². The predicted molar refractivity (Wildman–Crippen MR) is 73.6 cm³/mol. The van der Waals surface area contributed by atoms with E-state index in [1.807, 2.05) is 0 Å². The Balaban J connectivity index is 2.16. The summed E-state index contributed by atoms with van der Waals surface area (Å²) in [6.45, 7) is 10.3. The van der Waals surface area contributed by atoms with E-state index in [0.29, 0.717) is 23.4 Å². The molecule has 1 aromatic heterocycles. The van der Waals surface area contributed by atoms with Crippen LogP contribution in [0.5, 0.6) is 0 Å². The van der Waals surface area contributed by atoms with E-state index in [4.69, 9.17) is 5.73 Å². The Kier molecular flexibility index (Phi) is 3.28. The molecule has 1 atom stereocenters. The van der Waals surface area contributed by atoms with E-state index in [2.05, 4.69) is 52.9 Å². The van der Waals surface area contributed by atoms with Gasteiger partial charge in [-0.05, 0) is 25.7 Å². The first-order valence-corrected chi connectivity index (χ1v) is 6.49. The van der Waals surface area contributed by atoms with Crippen molar-refractivity contribution in [2.75, 3.05) is 29.0 Å². The number of nitrogens with two attached hydrogens (primary N) is 1. The maximum Gasteiger partial charge on any atom is 0.231 e. The van der Waals surface area contributed by atoms with Crippen LogP contribution >= 0.6 is 0 Å². The molecule has 6 heteroatoms. The van der Waals surface area contributed by atoms with Crippen LogP contribution in [0, 0.1) is 5.41 Å². The van der Waals surface area contributed by atoms with Gasteiger partial charge in [-0.2, -0.15) is 15.0 Å². The third-order valence-electron chi connectivity index (χ3n) is 3.50. The van der Waals surface area contributed by atoms with Crippen molar-refractivity contribution in [3.8, 4) is 0 Å². The molecule has 1 aliphatic carbocycles.